The summed E-state index contributed by atoms with van der Waals surface area (Å²) in [7, 11) is 0. The van der Waals surface area contributed by atoms with Crippen LogP contribution in [0.4, 0.5) is 8.78 Å². The van der Waals surface area contributed by atoms with E-state index >= 15 is 0 Å². The van der Waals surface area contributed by atoms with Crippen LogP contribution in [0.25, 0.3) is 11.3 Å². The third-order valence-electron chi connectivity index (χ3n) is 5.52. The van der Waals surface area contributed by atoms with Crippen LogP contribution in [-0.4, -0.2) is 46.8 Å². The summed E-state index contributed by atoms with van der Waals surface area (Å²) in [4.78, 5) is 0. The molecule has 0 radical (unpaired) electrons. The third-order valence-corrected chi connectivity index (χ3v) is 5.52. The number of halogens is 2. The number of rotatable bonds is 7. The summed E-state index contributed by atoms with van der Waals surface area (Å²) in [6, 6.07) is 12.4. The zero-order chi connectivity index (χ0) is 24.6. The highest BCUT2D eigenvalue weighted by atomic mass is 19.1. The van der Waals surface area contributed by atoms with Crippen molar-refractivity contribution in [2.24, 2.45) is 0 Å². The fourth-order valence-electron chi connectivity index (χ4n) is 3.81. The summed E-state index contributed by atoms with van der Waals surface area (Å²) in [6.45, 7) is 0.867. The fraction of sp³-hybridized carbons (Fsp3) is 0.138. The van der Waals surface area contributed by atoms with Crippen LogP contribution in [0.2, 0.25) is 0 Å². The van der Waals surface area contributed by atoms with E-state index in [9.17, 15) is 19.0 Å². The fourth-order valence-corrected chi connectivity index (χ4v) is 3.81. The lowest BCUT2D eigenvalue weighted by Crippen LogP contribution is -2.26. The van der Waals surface area contributed by atoms with Crippen LogP contribution in [0.15, 0.2) is 108 Å². The lowest BCUT2D eigenvalue weighted by molar-refractivity contribution is -0.530. The average Bonchev–Trinajstić information content (AvgIpc) is 2.87. The molecule has 0 bridgehead atoms. The van der Waals surface area contributed by atoms with E-state index in [1.54, 1.807) is 30.4 Å². The van der Waals surface area contributed by atoms with E-state index in [0.29, 0.717) is 35.7 Å². The zero-order valence-corrected chi connectivity index (χ0v) is 19.1. The van der Waals surface area contributed by atoms with Gasteiger partial charge < -0.3 is 14.9 Å². The van der Waals surface area contributed by atoms with Crippen molar-refractivity contribution in [1.82, 2.24) is 0 Å². The molecule has 2 N–H and O–H groups in total. The molecule has 4 rings (SSSR count). The van der Waals surface area contributed by atoms with E-state index in [4.69, 9.17) is 4.74 Å². The van der Waals surface area contributed by atoms with Gasteiger partial charge in [0.1, 0.15) is 36.4 Å². The first-order valence-corrected chi connectivity index (χ1v) is 11.3. The molecule has 1 aliphatic carbocycles. The number of benzene rings is 2. The molecule has 0 spiro atoms. The minimum absolute atomic E-state index is 0.00153. The molecule has 178 valence electrons. The molecule has 0 fully saturated rings. The van der Waals surface area contributed by atoms with Crippen LogP contribution in [0, 0.1) is 11.6 Å². The van der Waals surface area contributed by atoms with E-state index in [0.717, 1.165) is 16.9 Å². The third kappa shape index (κ3) is 6.38. The van der Waals surface area contributed by atoms with Crippen molar-refractivity contribution >= 4 is 17.0 Å². The molecular weight excluding hydrogens is 448 g/mol. The minimum Gasteiger partial charge on any atom is -0.457 e. The first-order chi connectivity index (χ1) is 17.1. The molecule has 0 amide bonds. The topological polar surface area (TPSA) is 52.7 Å². The molecule has 0 unspecified atom stereocenters. The van der Waals surface area contributed by atoms with E-state index in [1.807, 2.05) is 47.1 Å². The normalized spacial score (nSPS) is 16.2. The Morgan fingerprint density at radius 1 is 0.771 bits per heavy atom. The maximum absolute atomic E-state index is 13.9. The number of nitrogens with zero attached hydrogens (tertiary/aromatic N) is 1. The van der Waals surface area contributed by atoms with Gasteiger partial charge in [0, 0.05) is 17.7 Å². The van der Waals surface area contributed by atoms with Gasteiger partial charge in [0.2, 0.25) is 0 Å². The summed E-state index contributed by atoms with van der Waals surface area (Å²) >= 11 is 0. The van der Waals surface area contributed by atoms with Gasteiger partial charge in [-0.25, -0.2) is 13.4 Å². The second-order valence-corrected chi connectivity index (χ2v) is 7.99. The van der Waals surface area contributed by atoms with E-state index in [2.05, 4.69) is 0 Å². The van der Waals surface area contributed by atoms with Crippen molar-refractivity contribution in [2.45, 2.75) is 0 Å². The van der Waals surface area contributed by atoms with Gasteiger partial charge in [0.25, 0.3) is 0 Å². The molecular formula is C29H26F2NO3+. The molecule has 0 saturated carbocycles. The molecule has 1 aliphatic heterocycles. The smallest absolute Gasteiger partial charge is 0.200 e. The highest BCUT2D eigenvalue weighted by Crippen LogP contribution is 2.32. The SMILES string of the molecule is OCC[N+](CCO)=C1C=CC(=CC=C2C=C(c3cccc(F)c3)C=C(c3cccc(F)c3)O2)C=C1. The Balaban J connectivity index is 1.65. The van der Waals surface area contributed by atoms with Crippen molar-refractivity contribution < 1.29 is 28.3 Å². The lowest BCUT2D eigenvalue weighted by Gasteiger charge is -2.18. The molecule has 4 nitrogen and oxygen atoms in total. The van der Waals surface area contributed by atoms with Crippen LogP contribution < -0.4 is 0 Å². The van der Waals surface area contributed by atoms with Gasteiger partial charge in [-0.1, -0.05) is 30.3 Å². The molecule has 35 heavy (non-hydrogen) atoms. The highest BCUT2D eigenvalue weighted by Gasteiger charge is 2.15. The maximum Gasteiger partial charge on any atom is 0.200 e. The van der Waals surface area contributed by atoms with Gasteiger partial charge in [-0.2, -0.15) is 0 Å². The Kier molecular flexibility index (Phi) is 7.98. The van der Waals surface area contributed by atoms with Crippen LogP contribution in [0.1, 0.15) is 11.1 Å². The molecule has 2 aromatic rings. The van der Waals surface area contributed by atoms with Gasteiger partial charge in [0.05, 0.1) is 0 Å². The molecule has 0 saturated heterocycles. The van der Waals surface area contributed by atoms with Crippen molar-refractivity contribution in [3.05, 3.63) is 131 Å². The zero-order valence-electron chi connectivity index (χ0n) is 19.1. The van der Waals surface area contributed by atoms with Crippen molar-refractivity contribution in [3.63, 3.8) is 0 Å². The van der Waals surface area contributed by atoms with Gasteiger partial charge in [-0.15, -0.1) is 0 Å². The largest absolute Gasteiger partial charge is 0.457 e. The summed E-state index contributed by atoms with van der Waals surface area (Å²) in [5.74, 6) is 0.272. The predicted octanol–water partition coefficient (Wildman–Crippen LogP) is 4.79. The minimum atomic E-state index is -0.373. The second kappa shape index (κ2) is 11.5. The first kappa shape index (κ1) is 24.3. The molecule has 2 aromatic carbocycles. The monoisotopic (exact) mass is 474 g/mol. The molecule has 2 aliphatic rings. The molecule has 0 atom stereocenters. The average molecular weight is 475 g/mol. The standard InChI is InChI=1S/C29H26F2NO3/c30-25-5-1-3-22(17-25)24-19-28(35-29(20-24)23-4-2-6-26(31)18-23)12-9-21-7-10-27(11-8-21)32(13-15-33)14-16-34/h1-12,17-20,33-34H,13-16H2/q+1. The Morgan fingerprint density at radius 3 is 2.03 bits per heavy atom. The Hall–Kier alpha value is -3.87. The van der Waals surface area contributed by atoms with Gasteiger partial charge >= 0.3 is 0 Å². The number of hydrogen-bond donors (Lipinski definition) is 2. The van der Waals surface area contributed by atoms with Crippen LogP contribution in [-0.2, 0) is 4.74 Å². The predicted molar refractivity (Wildman–Crippen MR) is 133 cm³/mol. The number of allylic oxidation sites excluding steroid dienone is 10. The summed E-state index contributed by atoms with van der Waals surface area (Å²) < 4.78 is 35.7. The first-order valence-electron chi connectivity index (χ1n) is 11.3. The number of aliphatic hydroxyl groups excluding tert-OH is 2. The summed E-state index contributed by atoms with van der Waals surface area (Å²) in [5.41, 5.74) is 3.82. The Labute approximate surface area is 203 Å². The molecule has 1 heterocycles. The van der Waals surface area contributed by atoms with E-state index in [1.165, 1.54) is 24.3 Å². The van der Waals surface area contributed by atoms with Crippen molar-refractivity contribution in [2.75, 3.05) is 26.3 Å². The van der Waals surface area contributed by atoms with Crippen molar-refractivity contribution in [1.29, 1.82) is 0 Å². The quantitative estimate of drug-likeness (QED) is 0.568. The highest BCUT2D eigenvalue weighted by molar-refractivity contribution is 6.02. The van der Waals surface area contributed by atoms with Crippen LogP contribution in [0.5, 0.6) is 0 Å². The number of hydrogen-bond acceptors (Lipinski definition) is 3. The van der Waals surface area contributed by atoms with Crippen LogP contribution in [0.3, 0.4) is 0 Å². The Morgan fingerprint density at radius 2 is 1.40 bits per heavy atom. The summed E-state index contributed by atoms with van der Waals surface area (Å²) in [6.07, 6.45) is 15.0. The maximum atomic E-state index is 13.9. The van der Waals surface area contributed by atoms with Crippen molar-refractivity contribution in [3.8, 4) is 0 Å². The van der Waals surface area contributed by atoms with Gasteiger partial charge in [-0.05, 0) is 71.4 Å². The number of ether oxygens (including phenoxy) is 1. The van der Waals surface area contributed by atoms with E-state index in [-0.39, 0.29) is 24.8 Å². The van der Waals surface area contributed by atoms with Gasteiger partial charge in [0.15, 0.2) is 18.8 Å². The number of aliphatic hydroxyl groups is 2. The summed E-state index contributed by atoms with van der Waals surface area (Å²) in [5, 5.41) is 18.5. The molecule has 6 heteroatoms. The Bertz CT molecular complexity index is 1290. The van der Waals surface area contributed by atoms with E-state index < -0.39 is 0 Å². The molecule has 0 aromatic heterocycles. The van der Waals surface area contributed by atoms with Gasteiger partial charge in [-0.3, -0.25) is 0 Å². The van der Waals surface area contributed by atoms with Crippen LogP contribution >= 0.6 is 0 Å². The second-order valence-electron chi connectivity index (χ2n) is 7.99. The lowest BCUT2D eigenvalue weighted by atomic mass is 10.00.